The summed E-state index contributed by atoms with van der Waals surface area (Å²) in [7, 11) is -3.42. The molecule has 1 N–H and O–H groups in total. The Balaban J connectivity index is 2.00. The summed E-state index contributed by atoms with van der Waals surface area (Å²) in [6.07, 6.45) is 2.36. The number of hydrogen-bond donors (Lipinski definition) is 1. The number of rotatable bonds is 5. The molecular weight excluding hydrogens is 326 g/mol. The van der Waals surface area contributed by atoms with Gasteiger partial charge in [-0.15, -0.1) is 0 Å². The predicted octanol–water partition coefficient (Wildman–Crippen LogP) is 2.79. The highest BCUT2D eigenvalue weighted by molar-refractivity contribution is 9.09. The molecule has 1 aromatic rings. The molecule has 1 aliphatic rings. The van der Waals surface area contributed by atoms with E-state index >= 15 is 0 Å². The lowest BCUT2D eigenvalue weighted by atomic mass is 10.3. The third-order valence-corrected chi connectivity index (χ3v) is 5.49. The standard InChI is InChI=1S/C11H13BrClNO2S/c12-11(8-1-2-8)7-14-17(15,16)10-5-3-9(13)4-6-10/h3-6,8,11,14H,1-2,7H2. The first kappa shape index (κ1) is 13.3. The van der Waals surface area contributed by atoms with Crippen molar-refractivity contribution in [2.24, 2.45) is 5.92 Å². The molecule has 3 nitrogen and oxygen atoms in total. The van der Waals surface area contributed by atoms with E-state index in [2.05, 4.69) is 20.7 Å². The lowest BCUT2D eigenvalue weighted by molar-refractivity contribution is 0.578. The molecule has 0 aliphatic heterocycles. The molecule has 0 bridgehead atoms. The molecule has 1 aromatic carbocycles. The van der Waals surface area contributed by atoms with Gasteiger partial charge in [-0.05, 0) is 43.0 Å². The Morgan fingerprint density at radius 1 is 1.35 bits per heavy atom. The van der Waals surface area contributed by atoms with Gasteiger partial charge in [0.1, 0.15) is 0 Å². The Bertz CT molecular complexity index is 485. The highest BCUT2D eigenvalue weighted by Gasteiger charge is 2.30. The zero-order valence-electron chi connectivity index (χ0n) is 9.07. The van der Waals surface area contributed by atoms with Gasteiger partial charge in [0.05, 0.1) is 4.90 Å². The second-order valence-electron chi connectivity index (χ2n) is 4.16. The second kappa shape index (κ2) is 5.26. The zero-order chi connectivity index (χ0) is 12.5. The third-order valence-electron chi connectivity index (χ3n) is 2.73. The number of hydrogen-bond acceptors (Lipinski definition) is 2. The van der Waals surface area contributed by atoms with E-state index in [9.17, 15) is 8.42 Å². The van der Waals surface area contributed by atoms with Gasteiger partial charge >= 0.3 is 0 Å². The third kappa shape index (κ3) is 3.68. The van der Waals surface area contributed by atoms with Crippen LogP contribution in [0.1, 0.15) is 12.8 Å². The largest absolute Gasteiger partial charge is 0.240 e. The van der Waals surface area contributed by atoms with Crippen molar-refractivity contribution in [1.82, 2.24) is 4.72 Å². The van der Waals surface area contributed by atoms with Crippen molar-refractivity contribution in [1.29, 1.82) is 0 Å². The van der Waals surface area contributed by atoms with Crippen molar-refractivity contribution in [2.45, 2.75) is 22.6 Å². The highest BCUT2D eigenvalue weighted by Crippen LogP contribution is 2.36. The van der Waals surface area contributed by atoms with Crippen molar-refractivity contribution in [3.8, 4) is 0 Å². The van der Waals surface area contributed by atoms with Crippen molar-refractivity contribution < 1.29 is 8.42 Å². The predicted molar refractivity (Wildman–Crippen MR) is 72.1 cm³/mol. The van der Waals surface area contributed by atoms with Gasteiger partial charge in [0.25, 0.3) is 0 Å². The maximum absolute atomic E-state index is 11.9. The smallest absolute Gasteiger partial charge is 0.210 e. The number of benzene rings is 1. The van der Waals surface area contributed by atoms with Gasteiger partial charge in [0, 0.05) is 16.4 Å². The number of sulfonamides is 1. The van der Waals surface area contributed by atoms with Crippen molar-refractivity contribution in [3.63, 3.8) is 0 Å². The van der Waals surface area contributed by atoms with Crippen molar-refractivity contribution >= 4 is 37.6 Å². The Morgan fingerprint density at radius 2 is 1.94 bits per heavy atom. The van der Waals surface area contributed by atoms with Crippen LogP contribution in [0, 0.1) is 5.92 Å². The van der Waals surface area contributed by atoms with Crippen LogP contribution in [-0.4, -0.2) is 19.8 Å². The quantitative estimate of drug-likeness (QED) is 0.839. The first-order valence-electron chi connectivity index (χ1n) is 5.38. The second-order valence-corrected chi connectivity index (χ2v) is 7.54. The van der Waals surface area contributed by atoms with Gasteiger partial charge in [-0.3, -0.25) is 0 Å². The van der Waals surface area contributed by atoms with Crippen LogP contribution in [0.25, 0.3) is 0 Å². The molecule has 6 heteroatoms. The molecule has 1 unspecified atom stereocenters. The summed E-state index contributed by atoms with van der Waals surface area (Å²) >= 11 is 9.21. The first-order valence-corrected chi connectivity index (χ1v) is 8.16. The molecule has 0 radical (unpaired) electrons. The van der Waals surface area contributed by atoms with Crippen molar-refractivity contribution in [2.75, 3.05) is 6.54 Å². The highest BCUT2D eigenvalue weighted by atomic mass is 79.9. The molecule has 1 atom stereocenters. The average Bonchev–Trinajstić information content (AvgIpc) is 3.10. The summed E-state index contributed by atoms with van der Waals surface area (Å²) in [5, 5.41) is 0.528. The fraction of sp³-hybridized carbons (Fsp3) is 0.455. The summed E-state index contributed by atoms with van der Waals surface area (Å²) < 4.78 is 26.4. The molecule has 0 amide bonds. The van der Waals surface area contributed by atoms with Gasteiger partial charge in [-0.2, -0.15) is 0 Å². The number of nitrogens with one attached hydrogen (secondary N) is 1. The number of alkyl halides is 1. The summed E-state index contributed by atoms with van der Waals surface area (Å²) in [6, 6.07) is 6.15. The summed E-state index contributed by atoms with van der Waals surface area (Å²) in [5.74, 6) is 0.614. The topological polar surface area (TPSA) is 46.2 Å². The maximum atomic E-state index is 11.9. The zero-order valence-corrected chi connectivity index (χ0v) is 12.2. The molecule has 1 saturated carbocycles. The molecule has 1 aliphatic carbocycles. The Labute approximate surface area is 115 Å². The van der Waals surface area contributed by atoms with Crippen LogP contribution >= 0.6 is 27.5 Å². The molecule has 0 saturated heterocycles. The van der Waals surface area contributed by atoms with E-state index in [1.807, 2.05) is 0 Å². The Hall–Kier alpha value is -0.100. The minimum Gasteiger partial charge on any atom is -0.210 e. The van der Waals surface area contributed by atoms with Crippen LogP contribution in [-0.2, 0) is 10.0 Å². The molecule has 17 heavy (non-hydrogen) atoms. The van der Waals surface area contributed by atoms with Crippen LogP contribution in [0.15, 0.2) is 29.2 Å². The lowest BCUT2D eigenvalue weighted by Gasteiger charge is -2.10. The van der Waals surface area contributed by atoms with Crippen LogP contribution in [0.5, 0.6) is 0 Å². The normalized spacial score (nSPS) is 18.0. The maximum Gasteiger partial charge on any atom is 0.240 e. The molecule has 0 aromatic heterocycles. The van der Waals surface area contributed by atoms with E-state index in [4.69, 9.17) is 11.6 Å². The van der Waals surface area contributed by atoms with Gasteiger partial charge in [-0.1, -0.05) is 27.5 Å². The van der Waals surface area contributed by atoms with Gasteiger partial charge < -0.3 is 0 Å². The average molecular weight is 339 g/mol. The lowest BCUT2D eigenvalue weighted by Crippen LogP contribution is -2.30. The Morgan fingerprint density at radius 3 is 2.47 bits per heavy atom. The summed E-state index contributed by atoms with van der Waals surface area (Å²) in [4.78, 5) is 0.474. The van der Waals surface area contributed by atoms with Crippen LogP contribution < -0.4 is 4.72 Å². The minimum absolute atomic E-state index is 0.226. The van der Waals surface area contributed by atoms with Gasteiger partial charge in [-0.25, -0.2) is 13.1 Å². The molecular formula is C11H13BrClNO2S. The minimum atomic E-state index is -3.42. The van der Waals surface area contributed by atoms with Gasteiger partial charge in [0.15, 0.2) is 0 Å². The molecule has 94 valence electrons. The monoisotopic (exact) mass is 337 g/mol. The van der Waals surface area contributed by atoms with Crippen LogP contribution in [0.4, 0.5) is 0 Å². The summed E-state index contributed by atoms with van der Waals surface area (Å²) in [6.45, 7) is 0.426. The fourth-order valence-electron chi connectivity index (χ4n) is 1.51. The van der Waals surface area contributed by atoms with E-state index in [0.29, 0.717) is 17.5 Å². The SMILES string of the molecule is O=S(=O)(NCC(Br)C1CC1)c1ccc(Cl)cc1. The van der Waals surface area contributed by atoms with Crippen LogP contribution in [0.2, 0.25) is 5.02 Å². The molecule has 0 heterocycles. The van der Waals surface area contributed by atoms with Gasteiger partial charge in [0.2, 0.25) is 10.0 Å². The molecule has 2 rings (SSSR count). The van der Waals surface area contributed by atoms with Crippen molar-refractivity contribution in [3.05, 3.63) is 29.3 Å². The van der Waals surface area contributed by atoms with E-state index in [1.54, 1.807) is 12.1 Å². The molecule has 1 fully saturated rings. The number of halogens is 2. The Kier molecular flexibility index (Phi) is 4.13. The fourth-order valence-corrected chi connectivity index (χ4v) is 3.60. The van der Waals surface area contributed by atoms with E-state index in [1.165, 1.54) is 25.0 Å². The summed E-state index contributed by atoms with van der Waals surface area (Å²) in [5.41, 5.74) is 0. The van der Waals surface area contributed by atoms with Crippen LogP contribution in [0.3, 0.4) is 0 Å². The molecule has 0 spiro atoms. The van der Waals surface area contributed by atoms with E-state index in [0.717, 1.165) is 0 Å². The first-order chi connectivity index (χ1) is 7.99. The van der Waals surface area contributed by atoms with E-state index < -0.39 is 10.0 Å². The van der Waals surface area contributed by atoms with E-state index in [-0.39, 0.29) is 9.72 Å².